The van der Waals surface area contributed by atoms with Crippen molar-refractivity contribution >= 4 is 0 Å². The van der Waals surface area contributed by atoms with Gasteiger partial charge in [-0.1, -0.05) is 73.0 Å². The number of hydrogen-bond acceptors (Lipinski definition) is 0. The van der Waals surface area contributed by atoms with Gasteiger partial charge in [-0.25, -0.2) is 0 Å². The molecule has 5 aliphatic rings. The number of unbranched alkanes of at least 4 members (excludes halogenated alkanes) is 2. The fourth-order valence-corrected chi connectivity index (χ4v) is 12.5. The van der Waals surface area contributed by atoms with Gasteiger partial charge in [0, 0.05) is 0 Å². The van der Waals surface area contributed by atoms with Crippen molar-refractivity contribution in [3.63, 3.8) is 0 Å². The molecule has 3 unspecified atom stereocenters. The van der Waals surface area contributed by atoms with Gasteiger partial charge in [0.25, 0.3) is 0 Å². The quantitative estimate of drug-likeness (QED) is 0.262. The standard InChI is InChI=1S/C35H60/c1-9-10-11-12-27-17-20-33(6)30(32(27,4)5)19-22-35(8)31(33)16-15-29-28(18-21-34(29,35)7)26-14-13-25(23-26)24(2)3/h25-31H,2,9-23H2,1,3-8H3/t25?,26-,27?,28+,29-,30?,31+,33-,34-,35+/m0/s1. The van der Waals surface area contributed by atoms with E-state index in [0.717, 1.165) is 41.4 Å². The summed E-state index contributed by atoms with van der Waals surface area (Å²) in [5.74, 6) is 6.68. The average molecular weight is 481 g/mol. The van der Waals surface area contributed by atoms with Gasteiger partial charge in [-0.05, 0) is 147 Å². The maximum atomic E-state index is 4.34. The van der Waals surface area contributed by atoms with Crippen LogP contribution in [0.4, 0.5) is 0 Å². The van der Waals surface area contributed by atoms with Gasteiger partial charge >= 0.3 is 0 Å². The second kappa shape index (κ2) is 9.19. The lowest BCUT2D eigenvalue weighted by atomic mass is 9.34. The molecule has 0 aromatic carbocycles. The maximum absolute atomic E-state index is 4.34. The molecule has 35 heavy (non-hydrogen) atoms. The smallest absolute Gasteiger partial charge is 0.0206 e. The van der Waals surface area contributed by atoms with Crippen molar-refractivity contribution in [2.45, 2.75) is 145 Å². The summed E-state index contributed by atoms with van der Waals surface area (Å²) >= 11 is 0. The van der Waals surface area contributed by atoms with Gasteiger partial charge in [0.1, 0.15) is 0 Å². The van der Waals surface area contributed by atoms with E-state index >= 15 is 0 Å². The van der Waals surface area contributed by atoms with Crippen molar-refractivity contribution in [1.82, 2.24) is 0 Å². The molecule has 0 radical (unpaired) electrons. The third-order valence-electron chi connectivity index (χ3n) is 14.6. The monoisotopic (exact) mass is 480 g/mol. The second-order valence-corrected chi connectivity index (χ2v) is 16.0. The van der Waals surface area contributed by atoms with Crippen LogP contribution in [0.2, 0.25) is 0 Å². The first-order chi connectivity index (χ1) is 16.5. The van der Waals surface area contributed by atoms with Crippen molar-refractivity contribution in [3.8, 4) is 0 Å². The summed E-state index contributed by atoms with van der Waals surface area (Å²) in [5.41, 5.74) is 3.70. The lowest BCUT2D eigenvalue weighted by Gasteiger charge is -2.70. The van der Waals surface area contributed by atoms with Gasteiger partial charge in [-0.15, -0.1) is 0 Å². The molecule has 10 atom stereocenters. The molecule has 0 bridgehead atoms. The lowest BCUT2D eigenvalue weighted by molar-refractivity contribution is -0.214. The Labute approximate surface area is 219 Å². The normalized spacial score (nSPS) is 50.9. The summed E-state index contributed by atoms with van der Waals surface area (Å²) in [4.78, 5) is 0. The SMILES string of the molecule is C=C(C)C1CC[C@H]([C@H]2CC[C@@]3(C)[C@H]2CC[C@@H]2[C@@]4(C)CCC(CCCCC)C(C)(C)C4CC[C@]23C)C1. The molecule has 5 rings (SSSR count). The van der Waals surface area contributed by atoms with Gasteiger partial charge < -0.3 is 0 Å². The highest BCUT2D eigenvalue weighted by molar-refractivity contribution is 5.17. The molecule has 5 fully saturated rings. The molecule has 0 heterocycles. The first kappa shape index (κ1) is 26.4. The zero-order valence-corrected chi connectivity index (χ0v) is 24.9. The second-order valence-electron chi connectivity index (χ2n) is 16.0. The van der Waals surface area contributed by atoms with Crippen LogP contribution in [0.1, 0.15) is 145 Å². The van der Waals surface area contributed by atoms with Gasteiger partial charge in [-0.3, -0.25) is 0 Å². The molecule has 0 saturated heterocycles. The van der Waals surface area contributed by atoms with E-state index in [-0.39, 0.29) is 0 Å². The van der Waals surface area contributed by atoms with E-state index in [1.807, 2.05) is 0 Å². The molecular weight excluding hydrogens is 420 g/mol. The third-order valence-corrected chi connectivity index (χ3v) is 14.6. The van der Waals surface area contributed by atoms with Crippen molar-refractivity contribution in [3.05, 3.63) is 12.2 Å². The minimum absolute atomic E-state index is 0.527. The summed E-state index contributed by atoms with van der Waals surface area (Å²) in [6, 6.07) is 0. The van der Waals surface area contributed by atoms with E-state index < -0.39 is 0 Å². The van der Waals surface area contributed by atoms with Crippen LogP contribution in [0.15, 0.2) is 12.2 Å². The number of fused-ring (bicyclic) bond motifs is 5. The number of rotatable bonds is 6. The van der Waals surface area contributed by atoms with Crippen LogP contribution in [-0.4, -0.2) is 0 Å². The maximum Gasteiger partial charge on any atom is -0.0206 e. The Balaban J connectivity index is 1.36. The Bertz CT molecular complexity index is 790. The zero-order chi connectivity index (χ0) is 25.2. The summed E-state index contributed by atoms with van der Waals surface area (Å²) in [6.07, 6.45) is 22.3. The highest BCUT2D eigenvalue weighted by atomic mass is 14.7. The number of allylic oxidation sites excluding steroid dienone is 1. The van der Waals surface area contributed by atoms with E-state index in [1.54, 1.807) is 6.42 Å². The summed E-state index contributed by atoms with van der Waals surface area (Å²) in [6.45, 7) is 22.8. The molecule has 0 aliphatic heterocycles. The molecule has 5 saturated carbocycles. The largest absolute Gasteiger partial charge is 0.0999 e. The summed E-state index contributed by atoms with van der Waals surface area (Å²) in [5, 5.41) is 0. The highest BCUT2D eigenvalue weighted by Crippen LogP contribution is 2.76. The molecule has 200 valence electrons. The Kier molecular flexibility index (Phi) is 6.92. The van der Waals surface area contributed by atoms with Gasteiger partial charge in [0.15, 0.2) is 0 Å². The van der Waals surface area contributed by atoms with Crippen LogP contribution in [0.3, 0.4) is 0 Å². The van der Waals surface area contributed by atoms with Crippen LogP contribution in [0, 0.1) is 63.1 Å². The Hall–Kier alpha value is -0.260. The van der Waals surface area contributed by atoms with Gasteiger partial charge in [0.2, 0.25) is 0 Å². The van der Waals surface area contributed by atoms with E-state index in [1.165, 1.54) is 95.5 Å². The molecule has 0 aromatic heterocycles. The summed E-state index contributed by atoms with van der Waals surface area (Å²) in [7, 11) is 0. The predicted molar refractivity (Wildman–Crippen MR) is 152 cm³/mol. The minimum Gasteiger partial charge on any atom is -0.0999 e. The van der Waals surface area contributed by atoms with E-state index in [0.29, 0.717) is 21.7 Å². The third kappa shape index (κ3) is 3.87. The molecule has 0 heteroatoms. The fourth-order valence-electron chi connectivity index (χ4n) is 12.5. The Morgan fingerprint density at radius 2 is 1.51 bits per heavy atom. The van der Waals surface area contributed by atoms with Crippen LogP contribution >= 0.6 is 0 Å². The zero-order valence-electron chi connectivity index (χ0n) is 24.9. The highest BCUT2D eigenvalue weighted by Gasteiger charge is 2.68. The average Bonchev–Trinajstić information content (AvgIpc) is 3.41. The van der Waals surface area contributed by atoms with Crippen LogP contribution in [0.5, 0.6) is 0 Å². The van der Waals surface area contributed by atoms with Crippen molar-refractivity contribution < 1.29 is 0 Å². The Morgan fingerprint density at radius 1 is 0.771 bits per heavy atom. The van der Waals surface area contributed by atoms with Gasteiger partial charge in [0.05, 0.1) is 0 Å². The molecule has 0 nitrogen and oxygen atoms in total. The number of hydrogen-bond donors (Lipinski definition) is 0. The van der Waals surface area contributed by atoms with E-state index in [4.69, 9.17) is 0 Å². The van der Waals surface area contributed by atoms with E-state index in [2.05, 4.69) is 55.0 Å². The van der Waals surface area contributed by atoms with Crippen molar-refractivity contribution in [2.75, 3.05) is 0 Å². The first-order valence-electron chi connectivity index (χ1n) is 16.1. The first-order valence-corrected chi connectivity index (χ1v) is 16.1. The summed E-state index contributed by atoms with van der Waals surface area (Å²) < 4.78 is 0. The van der Waals surface area contributed by atoms with Crippen molar-refractivity contribution in [2.24, 2.45) is 63.1 Å². The minimum atomic E-state index is 0.527. The fraction of sp³-hybridized carbons (Fsp3) is 0.943. The topological polar surface area (TPSA) is 0 Å². The molecule has 0 amide bonds. The molecular formula is C35H60. The molecule has 5 aliphatic carbocycles. The van der Waals surface area contributed by atoms with E-state index in [9.17, 15) is 0 Å². The molecule has 0 spiro atoms. The van der Waals surface area contributed by atoms with Crippen LogP contribution < -0.4 is 0 Å². The Morgan fingerprint density at radius 3 is 2.20 bits per heavy atom. The predicted octanol–water partition coefficient (Wildman–Crippen LogP) is 10.9. The lowest BCUT2D eigenvalue weighted by Crippen LogP contribution is -2.63. The molecule has 0 aromatic rings. The molecule has 0 N–H and O–H groups in total. The van der Waals surface area contributed by atoms with Crippen LogP contribution in [-0.2, 0) is 0 Å². The van der Waals surface area contributed by atoms with Crippen LogP contribution in [0.25, 0.3) is 0 Å². The van der Waals surface area contributed by atoms with Crippen molar-refractivity contribution in [1.29, 1.82) is 0 Å². The van der Waals surface area contributed by atoms with Gasteiger partial charge in [-0.2, -0.15) is 0 Å².